The van der Waals surface area contributed by atoms with E-state index < -0.39 is 16.4 Å². The Morgan fingerprint density at radius 3 is 2.70 bits per heavy atom. The quantitative estimate of drug-likeness (QED) is 0.454. The summed E-state index contributed by atoms with van der Waals surface area (Å²) in [5.74, 6) is -0.482. The molecule has 1 aromatic heterocycles. The molecular weight excluding hydrogens is 378 g/mol. The Labute approximate surface area is 158 Å². The Hall–Kier alpha value is -3.29. The molecule has 0 bridgehead atoms. The van der Waals surface area contributed by atoms with Crippen LogP contribution < -0.4 is 5.56 Å². The fourth-order valence-corrected chi connectivity index (χ4v) is 2.45. The lowest BCUT2D eigenvalue weighted by molar-refractivity contribution is -0.384. The molecule has 0 aliphatic heterocycles. The summed E-state index contributed by atoms with van der Waals surface area (Å²) >= 11 is 5.95. The summed E-state index contributed by atoms with van der Waals surface area (Å²) in [7, 11) is 1.43. The summed E-state index contributed by atoms with van der Waals surface area (Å²) in [5, 5.41) is 37.8. The van der Waals surface area contributed by atoms with Crippen molar-refractivity contribution in [1.29, 1.82) is 5.26 Å². The third kappa shape index (κ3) is 4.11. The van der Waals surface area contributed by atoms with E-state index in [4.69, 9.17) is 16.3 Å². The molecule has 27 heavy (non-hydrogen) atoms. The van der Waals surface area contributed by atoms with Crippen molar-refractivity contribution in [3.63, 3.8) is 0 Å². The number of benzene rings is 1. The molecule has 11 heteroatoms. The molecule has 10 nitrogen and oxygen atoms in total. The van der Waals surface area contributed by atoms with E-state index in [9.17, 15) is 25.3 Å². The number of ether oxygens (including phenoxy) is 1. The second kappa shape index (κ2) is 8.39. The lowest BCUT2D eigenvalue weighted by atomic mass is 10.1. The first kappa shape index (κ1) is 20.0. The van der Waals surface area contributed by atoms with Gasteiger partial charge in [-0.2, -0.15) is 5.26 Å². The lowest BCUT2D eigenvalue weighted by Gasteiger charge is -2.12. The van der Waals surface area contributed by atoms with E-state index in [2.05, 4.69) is 10.2 Å². The molecular formula is C16H14ClN5O5. The number of hydrogen-bond acceptors (Lipinski definition) is 8. The van der Waals surface area contributed by atoms with E-state index >= 15 is 0 Å². The van der Waals surface area contributed by atoms with Crippen LogP contribution in [0.3, 0.4) is 0 Å². The molecule has 0 saturated carbocycles. The minimum atomic E-state index is -0.664. The number of nitro groups is 1. The van der Waals surface area contributed by atoms with Crippen LogP contribution in [0, 0.1) is 28.4 Å². The van der Waals surface area contributed by atoms with Gasteiger partial charge in [-0.25, -0.2) is 0 Å². The average molecular weight is 392 g/mol. The normalized spacial score (nSPS) is 10.9. The van der Waals surface area contributed by atoms with Crippen LogP contribution in [-0.2, 0) is 11.3 Å². The van der Waals surface area contributed by atoms with E-state index in [1.54, 1.807) is 0 Å². The Bertz CT molecular complexity index is 1030. The van der Waals surface area contributed by atoms with Gasteiger partial charge in [0.2, 0.25) is 5.88 Å². The van der Waals surface area contributed by atoms with Gasteiger partial charge in [-0.3, -0.25) is 19.5 Å². The number of halogens is 1. The van der Waals surface area contributed by atoms with Crippen LogP contribution in [0.1, 0.15) is 11.1 Å². The number of pyridine rings is 1. The van der Waals surface area contributed by atoms with Gasteiger partial charge in [-0.15, -0.1) is 10.2 Å². The first-order valence-corrected chi connectivity index (χ1v) is 7.90. The van der Waals surface area contributed by atoms with Crippen LogP contribution in [0.5, 0.6) is 5.88 Å². The lowest BCUT2D eigenvalue weighted by Crippen LogP contribution is -2.23. The topological polar surface area (TPSA) is 143 Å². The molecule has 140 valence electrons. The summed E-state index contributed by atoms with van der Waals surface area (Å²) in [5.41, 5.74) is -0.896. The number of non-ortho nitro benzene ring substituents is 1. The van der Waals surface area contributed by atoms with Crippen LogP contribution >= 0.6 is 11.6 Å². The first-order chi connectivity index (χ1) is 12.8. The Morgan fingerprint density at radius 2 is 2.15 bits per heavy atom. The second-order valence-electron chi connectivity index (χ2n) is 5.33. The van der Waals surface area contributed by atoms with Gasteiger partial charge in [-0.05, 0) is 13.0 Å². The number of hydrogen-bond donors (Lipinski definition) is 1. The molecule has 0 spiro atoms. The predicted octanol–water partition coefficient (Wildman–Crippen LogP) is 3.36. The number of rotatable bonds is 6. The predicted molar refractivity (Wildman–Crippen MR) is 96.0 cm³/mol. The van der Waals surface area contributed by atoms with Crippen molar-refractivity contribution >= 4 is 28.7 Å². The maximum atomic E-state index is 12.6. The van der Waals surface area contributed by atoms with E-state index in [1.165, 1.54) is 26.2 Å². The summed E-state index contributed by atoms with van der Waals surface area (Å²) in [6.45, 7) is 1.59. The number of methoxy groups -OCH3 is 1. The monoisotopic (exact) mass is 391 g/mol. The highest BCUT2D eigenvalue weighted by Crippen LogP contribution is 2.31. The van der Waals surface area contributed by atoms with Crippen molar-refractivity contribution in [2.75, 3.05) is 13.7 Å². The van der Waals surface area contributed by atoms with Crippen molar-refractivity contribution in [3.05, 3.63) is 54.8 Å². The minimum Gasteiger partial charge on any atom is -0.493 e. The van der Waals surface area contributed by atoms with Gasteiger partial charge >= 0.3 is 0 Å². The zero-order valence-electron chi connectivity index (χ0n) is 14.3. The van der Waals surface area contributed by atoms with Crippen molar-refractivity contribution in [2.24, 2.45) is 10.2 Å². The highest BCUT2D eigenvalue weighted by atomic mass is 35.5. The number of nitro benzene ring substituents is 1. The largest absolute Gasteiger partial charge is 0.493 e. The van der Waals surface area contributed by atoms with Gasteiger partial charge in [0.15, 0.2) is 5.69 Å². The Morgan fingerprint density at radius 1 is 1.44 bits per heavy atom. The number of aromatic nitrogens is 1. The van der Waals surface area contributed by atoms with Gasteiger partial charge in [-0.1, -0.05) is 11.6 Å². The molecule has 0 fully saturated rings. The summed E-state index contributed by atoms with van der Waals surface area (Å²) < 4.78 is 5.85. The molecule has 2 rings (SSSR count). The number of azo groups is 1. The SMILES string of the molecule is COCCn1c(O)c(C#N)c(C)c(N=Nc2ccc([N+](=O)[O-])cc2Cl)c1=O. The molecule has 0 aliphatic carbocycles. The molecule has 0 atom stereocenters. The Balaban J connectivity index is 2.56. The molecule has 0 unspecified atom stereocenters. The molecule has 0 saturated heterocycles. The first-order valence-electron chi connectivity index (χ1n) is 7.52. The van der Waals surface area contributed by atoms with E-state index in [1.807, 2.05) is 6.07 Å². The third-order valence-electron chi connectivity index (χ3n) is 3.69. The van der Waals surface area contributed by atoms with Gasteiger partial charge < -0.3 is 9.84 Å². The van der Waals surface area contributed by atoms with Crippen molar-refractivity contribution in [2.45, 2.75) is 13.5 Å². The molecule has 1 aromatic carbocycles. The fraction of sp³-hybridized carbons (Fsp3) is 0.250. The van der Waals surface area contributed by atoms with Crippen LogP contribution in [-0.4, -0.2) is 28.3 Å². The average Bonchev–Trinajstić information content (AvgIpc) is 2.62. The maximum Gasteiger partial charge on any atom is 0.281 e. The smallest absolute Gasteiger partial charge is 0.281 e. The highest BCUT2D eigenvalue weighted by Gasteiger charge is 2.19. The van der Waals surface area contributed by atoms with E-state index in [-0.39, 0.29) is 46.4 Å². The second-order valence-corrected chi connectivity index (χ2v) is 5.73. The van der Waals surface area contributed by atoms with Crippen molar-refractivity contribution < 1.29 is 14.8 Å². The standard InChI is InChI=1S/C16H14ClN5O5/c1-9-11(8-18)15(23)21(5-6-27-2)16(24)14(9)20-19-13-4-3-10(22(25)26)7-12(13)17/h3-4,7,23H,5-6H2,1-2H3. The third-order valence-corrected chi connectivity index (χ3v) is 3.99. The maximum absolute atomic E-state index is 12.6. The van der Waals surface area contributed by atoms with Gasteiger partial charge in [0.25, 0.3) is 11.2 Å². The molecule has 1 N–H and O–H groups in total. The molecule has 0 aliphatic rings. The van der Waals surface area contributed by atoms with Gasteiger partial charge in [0, 0.05) is 24.8 Å². The van der Waals surface area contributed by atoms with Crippen LogP contribution in [0.15, 0.2) is 33.2 Å². The molecule has 0 amide bonds. The summed E-state index contributed by atoms with van der Waals surface area (Å²) in [6, 6.07) is 5.41. The zero-order valence-corrected chi connectivity index (χ0v) is 15.1. The van der Waals surface area contributed by atoms with Gasteiger partial charge in [0.05, 0.1) is 23.1 Å². The number of aromatic hydroxyl groups is 1. The van der Waals surface area contributed by atoms with Crippen LogP contribution in [0.2, 0.25) is 5.02 Å². The Kier molecular flexibility index (Phi) is 6.23. The van der Waals surface area contributed by atoms with Crippen molar-refractivity contribution in [1.82, 2.24) is 4.57 Å². The number of nitrogens with zero attached hydrogens (tertiary/aromatic N) is 5. The summed E-state index contributed by atoms with van der Waals surface area (Å²) in [6.07, 6.45) is 0. The number of nitriles is 1. The van der Waals surface area contributed by atoms with Crippen molar-refractivity contribution in [3.8, 4) is 11.9 Å². The minimum absolute atomic E-state index is 0.0108. The van der Waals surface area contributed by atoms with E-state index in [0.717, 1.165) is 10.6 Å². The van der Waals surface area contributed by atoms with Gasteiger partial charge in [0.1, 0.15) is 17.3 Å². The summed E-state index contributed by atoms with van der Waals surface area (Å²) in [4.78, 5) is 22.7. The zero-order chi connectivity index (χ0) is 20.1. The molecule has 0 radical (unpaired) electrons. The van der Waals surface area contributed by atoms with Crippen LogP contribution in [0.4, 0.5) is 17.1 Å². The highest BCUT2D eigenvalue weighted by molar-refractivity contribution is 6.33. The van der Waals surface area contributed by atoms with Crippen LogP contribution in [0.25, 0.3) is 0 Å². The molecule has 1 heterocycles. The van der Waals surface area contributed by atoms with E-state index in [0.29, 0.717) is 0 Å². The fourth-order valence-electron chi connectivity index (χ4n) is 2.24. The molecule has 2 aromatic rings.